The zero-order valence-electron chi connectivity index (χ0n) is 21.4. The fourth-order valence-electron chi connectivity index (χ4n) is 4.96. The molecule has 1 saturated heterocycles. The number of benzene rings is 3. The second-order valence-corrected chi connectivity index (χ2v) is 9.48. The van der Waals surface area contributed by atoms with Gasteiger partial charge in [-0.1, -0.05) is 48.5 Å². The number of nitrogens with zero attached hydrogens (tertiary/aromatic N) is 4. The second-order valence-electron chi connectivity index (χ2n) is 9.48. The Morgan fingerprint density at radius 3 is 2.49 bits per heavy atom. The van der Waals surface area contributed by atoms with Gasteiger partial charge < -0.3 is 10.2 Å². The summed E-state index contributed by atoms with van der Waals surface area (Å²) in [5.74, 6) is -0.744. The van der Waals surface area contributed by atoms with Crippen LogP contribution in [0.1, 0.15) is 28.9 Å². The third-order valence-corrected chi connectivity index (χ3v) is 7.04. The number of carbonyl (C=O) groups is 3. The van der Waals surface area contributed by atoms with Gasteiger partial charge in [-0.3, -0.25) is 14.3 Å². The third-order valence-electron chi connectivity index (χ3n) is 7.04. The molecule has 1 aliphatic rings. The van der Waals surface area contributed by atoms with Crippen molar-refractivity contribution in [1.29, 1.82) is 0 Å². The molecular formula is C29H29N5O3. The van der Waals surface area contributed by atoms with Crippen molar-refractivity contribution in [2.24, 2.45) is 7.05 Å². The van der Waals surface area contributed by atoms with Crippen LogP contribution in [0.2, 0.25) is 0 Å². The van der Waals surface area contributed by atoms with E-state index >= 15 is 0 Å². The Balaban J connectivity index is 1.52. The number of imide groups is 1. The summed E-state index contributed by atoms with van der Waals surface area (Å²) in [7, 11) is 1.84. The van der Waals surface area contributed by atoms with E-state index in [1.54, 1.807) is 16.8 Å². The minimum atomic E-state index is -0.943. The van der Waals surface area contributed by atoms with Crippen LogP contribution in [-0.2, 0) is 23.2 Å². The third kappa shape index (κ3) is 4.46. The number of aromatic nitrogens is 2. The summed E-state index contributed by atoms with van der Waals surface area (Å²) >= 11 is 0. The van der Waals surface area contributed by atoms with E-state index in [1.165, 1.54) is 9.80 Å². The summed E-state index contributed by atoms with van der Waals surface area (Å²) in [5.41, 5.74) is 4.61. The zero-order valence-corrected chi connectivity index (χ0v) is 21.4. The highest BCUT2D eigenvalue weighted by molar-refractivity contribution is 6.23. The van der Waals surface area contributed by atoms with E-state index in [-0.39, 0.29) is 18.9 Å². The first-order valence-corrected chi connectivity index (χ1v) is 12.2. The van der Waals surface area contributed by atoms with Gasteiger partial charge in [0, 0.05) is 23.7 Å². The Kier molecular flexibility index (Phi) is 6.25. The normalized spacial score (nSPS) is 15.5. The Hall–Kier alpha value is -4.46. The van der Waals surface area contributed by atoms with Gasteiger partial charge >= 0.3 is 6.03 Å². The monoisotopic (exact) mass is 495 g/mol. The maximum Gasteiger partial charge on any atom is 0.322 e. The van der Waals surface area contributed by atoms with Gasteiger partial charge in [0.25, 0.3) is 5.91 Å². The maximum absolute atomic E-state index is 13.8. The molecule has 1 fully saturated rings. The highest BCUT2D eigenvalue weighted by Gasteiger charge is 2.45. The molecule has 1 aliphatic heterocycles. The summed E-state index contributed by atoms with van der Waals surface area (Å²) < 4.78 is 1.76. The van der Waals surface area contributed by atoms with E-state index in [9.17, 15) is 14.4 Å². The van der Waals surface area contributed by atoms with Gasteiger partial charge in [-0.05, 0) is 49.9 Å². The lowest BCUT2D eigenvalue weighted by Crippen LogP contribution is -2.47. The molecule has 0 aliphatic carbocycles. The van der Waals surface area contributed by atoms with Crippen molar-refractivity contribution < 1.29 is 14.4 Å². The molecule has 3 aromatic carbocycles. The van der Waals surface area contributed by atoms with Crippen molar-refractivity contribution in [2.45, 2.75) is 39.8 Å². The molecule has 0 spiro atoms. The molecule has 4 amide bonds. The van der Waals surface area contributed by atoms with Crippen molar-refractivity contribution in [3.05, 3.63) is 89.2 Å². The number of carbonyl (C=O) groups excluding carboxylic acids is 3. The van der Waals surface area contributed by atoms with E-state index in [1.807, 2.05) is 82.4 Å². The quantitative estimate of drug-likeness (QED) is 0.401. The number of urea groups is 1. The number of amides is 4. The largest absolute Gasteiger partial charge is 0.322 e. The fraction of sp³-hybridized carbons (Fsp3) is 0.241. The molecule has 5 rings (SSSR count). The second kappa shape index (κ2) is 9.54. The van der Waals surface area contributed by atoms with E-state index in [2.05, 4.69) is 10.4 Å². The fourth-order valence-corrected chi connectivity index (χ4v) is 4.96. The number of hydrogen-bond acceptors (Lipinski definition) is 4. The summed E-state index contributed by atoms with van der Waals surface area (Å²) in [5, 5.41) is 9.36. The van der Waals surface area contributed by atoms with Gasteiger partial charge in [0.2, 0.25) is 5.91 Å². The lowest BCUT2D eigenvalue weighted by atomic mass is 10.1. The van der Waals surface area contributed by atoms with E-state index in [0.717, 1.165) is 33.3 Å². The molecule has 0 unspecified atom stereocenters. The highest BCUT2D eigenvalue weighted by atomic mass is 16.2. The number of nitrogens with one attached hydrogen (secondary N) is 1. The van der Waals surface area contributed by atoms with Gasteiger partial charge in [0.1, 0.15) is 6.04 Å². The Morgan fingerprint density at radius 2 is 1.76 bits per heavy atom. The summed E-state index contributed by atoms with van der Waals surface area (Å²) in [4.78, 5) is 43.2. The average molecular weight is 496 g/mol. The molecule has 0 saturated carbocycles. The number of hydrogen-bond donors (Lipinski definition) is 1. The van der Waals surface area contributed by atoms with Gasteiger partial charge in [0.15, 0.2) is 0 Å². The number of rotatable bonds is 5. The van der Waals surface area contributed by atoms with Gasteiger partial charge in [0.05, 0.1) is 30.0 Å². The van der Waals surface area contributed by atoms with Crippen molar-refractivity contribution in [3.8, 4) is 0 Å². The van der Waals surface area contributed by atoms with E-state index in [4.69, 9.17) is 0 Å². The first-order valence-electron chi connectivity index (χ1n) is 12.2. The molecular weight excluding hydrogens is 466 g/mol. The van der Waals surface area contributed by atoms with Crippen LogP contribution < -0.4 is 10.2 Å². The van der Waals surface area contributed by atoms with Crippen molar-refractivity contribution in [3.63, 3.8) is 0 Å². The van der Waals surface area contributed by atoms with Crippen LogP contribution in [0.15, 0.2) is 66.7 Å². The van der Waals surface area contributed by atoms with Gasteiger partial charge in [-0.2, -0.15) is 5.10 Å². The lowest BCUT2D eigenvalue weighted by Gasteiger charge is -2.28. The molecule has 0 bridgehead atoms. The topological polar surface area (TPSA) is 87.5 Å². The smallest absolute Gasteiger partial charge is 0.307 e. The number of aryl methyl sites for hydroxylation is 3. The zero-order chi connectivity index (χ0) is 26.3. The highest BCUT2D eigenvalue weighted by Crippen LogP contribution is 2.30. The van der Waals surface area contributed by atoms with Crippen LogP contribution in [0, 0.1) is 20.8 Å². The Labute approximate surface area is 215 Å². The lowest BCUT2D eigenvalue weighted by molar-refractivity contribution is -0.122. The predicted octanol–water partition coefficient (Wildman–Crippen LogP) is 4.86. The molecule has 2 heterocycles. The standard InChI is InChI=1S/C29H29N5O3/c1-18-9-7-12-22(15-18)34-27(35)16-26(28(34)36)33(17-24-19(2)31-32(4)20(24)3)29(37)30-25-14-8-11-21-10-5-6-13-23(21)25/h5-15,26H,16-17H2,1-4H3,(H,30,37)/t26-/m1/s1. The molecule has 8 heteroatoms. The van der Waals surface area contributed by atoms with Crippen molar-refractivity contribution in [2.75, 3.05) is 10.2 Å². The Morgan fingerprint density at radius 1 is 1.03 bits per heavy atom. The predicted molar refractivity (Wildman–Crippen MR) is 143 cm³/mol. The van der Waals surface area contributed by atoms with Crippen LogP contribution in [0.4, 0.5) is 16.2 Å². The summed E-state index contributed by atoms with van der Waals surface area (Å²) in [6.07, 6.45) is -0.0892. The molecule has 1 atom stereocenters. The molecule has 188 valence electrons. The maximum atomic E-state index is 13.8. The van der Waals surface area contributed by atoms with Crippen LogP contribution in [0.5, 0.6) is 0 Å². The number of fused-ring (bicyclic) bond motifs is 1. The molecule has 0 radical (unpaired) electrons. The first kappa shape index (κ1) is 24.2. The van der Waals surface area contributed by atoms with Crippen LogP contribution >= 0.6 is 0 Å². The minimum absolute atomic E-state index is 0.0892. The van der Waals surface area contributed by atoms with Crippen molar-refractivity contribution in [1.82, 2.24) is 14.7 Å². The SMILES string of the molecule is Cc1cccc(N2C(=O)C[C@@H](N(Cc3c(C)nn(C)c3C)C(=O)Nc3cccc4ccccc34)C2=O)c1. The molecule has 4 aromatic rings. The Bertz CT molecular complexity index is 1530. The average Bonchev–Trinajstić information content (AvgIpc) is 3.30. The molecule has 8 nitrogen and oxygen atoms in total. The first-order chi connectivity index (χ1) is 17.7. The van der Waals surface area contributed by atoms with Crippen LogP contribution in [0.25, 0.3) is 10.8 Å². The van der Waals surface area contributed by atoms with E-state index in [0.29, 0.717) is 11.4 Å². The van der Waals surface area contributed by atoms with Gasteiger partial charge in [-0.25, -0.2) is 9.69 Å². The molecule has 37 heavy (non-hydrogen) atoms. The van der Waals surface area contributed by atoms with E-state index < -0.39 is 18.0 Å². The van der Waals surface area contributed by atoms with Crippen LogP contribution in [-0.4, -0.2) is 38.6 Å². The number of anilines is 2. The summed E-state index contributed by atoms with van der Waals surface area (Å²) in [6.45, 7) is 5.86. The minimum Gasteiger partial charge on any atom is -0.307 e. The summed E-state index contributed by atoms with van der Waals surface area (Å²) in [6, 6.07) is 19.3. The molecule has 1 aromatic heterocycles. The van der Waals surface area contributed by atoms with Crippen molar-refractivity contribution >= 4 is 40.0 Å². The van der Waals surface area contributed by atoms with Gasteiger partial charge in [-0.15, -0.1) is 0 Å². The molecule has 1 N–H and O–H groups in total. The van der Waals surface area contributed by atoms with Crippen LogP contribution in [0.3, 0.4) is 0 Å².